The molecule has 4 rings (SSSR count). The highest BCUT2D eigenvalue weighted by Gasteiger charge is 2.14. The van der Waals surface area contributed by atoms with Gasteiger partial charge in [0.25, 0.3) is 11.9 Å². The van der Waals surface area contributed by atoms with Crippen molar-refractivity contribution in [3.63, 3.8) is 0 Å². The van der Waals surface area contributed by atoms with E-state index in [0.717, 1.165) is 10.9 Å². The number of rotatable bonds is 2. The minimum Gasteiger partial charge on any atom is -0.327 e. The van der Waals surface area contributed by atoms with Gasteiger partial charge in [0.1, 0.15) is 5.52 Å². The van der Waals surface area contributed by atoms with E-state index in [1.165, 1.54) is 0 Å². The van der Waals surface area contributed by atoms with Crippen LogP contribution in [0.1, 0.15) is 10.4 Å². The Morgan fingerprint density at radius 3 is 2.71 bits per heavy atom. The second-order valence-corrected chi connectivity index (χ2v) is 5.78. The van der Waals surface area contributed by atoms with Crippen LogP contribution in [0.25, 0.3) is 22.1 Å². The Balaban J connectivity index is 1.77. The number of hydrogen-bond donors (Lipinski definition) is 1. The van der Waals surface area contributed by atoms with Crippen LogP contribution in [0.2, 0.25) is 5.02 Å². The highest BCUT2D eigenvalue weighted by molar-refractivity contribution is 6.31. The quantitative estimate of drug-likeness (QED) is 0.608. The lowest BCUT2D eigenvalue weighted by Gasteiger charge is -2.03. The molecule has 0 aliphatic heterocycles. The molecule has 0 aliphatic rings. The summed E-state index contributed by atoms with van der Waals surface area (Å²) in [5.41, 5.74) is 2.76. The number of nitrogens with one attached hydrogen (secondary N) is 1. The van der Waals surface area contributed by atoms with E-state index < -0.39 is 0 Å². The van der Waals surface area contributed by atoms with Crippen LogP contribution in [0.3, 0.4) is 0 Å². The van der Waals surface area contributed by atoms with E-state index in [4.69, 9.17) is 11.6 Å². The van der Waals surface area contributed by atoms with Crippen molar-refractivity contribution in [3.8, 4) is 0 Å². The molecule has 1 N–H and O–H groups in total. The molecule has 0 radical (unpaired) electrons. The summed E-state index contributed by atoms with van der Waals surface area (Å²) in [5, 5.41) is 12.4. The highest BCUT2D eigenvalue weighted by Crippen LogP contribution is 2.27. The predicted molar refractivity (Wildman–Crippen MR) is 93.2 cm³/mol. The lowest BCUT2D eigenvalue weighted by Crippen LogP contribution is -2.14. The Morgan fingerprint density at radius 2 is 1.92 bits per heavy atom. The molecular weight excluding hydrogens is 326 g/mol. The molecule has 2 heterocycles. The van der Waals surface area contributed by atoms with Crippen LogP contribution >= 0.6 is 11.6 Å². The van der Waals surface area contributed by atoms with Gasteiger partial charge in [-0.3, -0.25) is 10.1 Å². The lowest BCUT2D eigenvalue weighted by molar-refractivity contribution is 0.102. The Kier molecular flexibility index (Phi) is 3.39. The topological polar surface area (TPSA) is 72.7 Å². The zero-order valence-corrected chi connectivity index (χ0v) is 13.4. The van der Waals surface area contributed by atoms with Crippen LogP contribution in [-0.4, -0.2) is 25.7 Å². The van der Waals surface area contributed by atoms with Crippen molar-refractivity contribution < 1.29 is 4.79 Å². The molecule has 118 valence electrons. The van der Waals surface area contributed by atoms with Gasteiger partial charge < -0.3 is 4.57 Å². The number of nitrogens with zero attached hydrogens (tertiary/aromatic N) is 4. The fourth-order valence-electron chi connectivity index (χ4n) is 2.65. The second kappa shape index (κ2) is 5.58. The molecule has 1 amide bonds. The van der Waals surface area contributed by atoms with Crippen molar-refractivity contribution >= 4 is 45.5 Å². The van der Waals surface area contributed by atoms with Crippen LogP contribution in [0, 0.1) is 0 Å². The van der Waals surface area contributed by atoms with Crippen LogP contribution in [0.4, 0.5) is 5.95 Å². The number of hydrogen-bond acceptors (Lipinski definition) is 4. The molecular formula is C17H12ClN5O. The summed E-state index contributed by atoms with van der Waals surface area (Å²) in [4.78, 5) is 16.6. The van der Waals surface area contributed by atoms with Gasteiger partial charge in [0, 0.05) is 23.0 Å². The number of aryl methyl sites for hydroxylation is 1. The van der Waals surface area contributed by atoms with E-state index in [1.807, 2.05) is 35.9 Å². The molecule has 24 heavy (non-hydrogen) atoms. The van der Waals surface area contributed by atoms with E-state index in [9.17, 15) is 4.79 Å². The fraction of sp³-hybridized carbons (Fsp3) is 0.0588. The molecule has 0 atom stereocenters. The highest BCUT2D eigenvalue weighted by atomic mass is 35.5. The van der Waals surface area contributed by atoms with E-state index in [2.05, 4.69) is 20.5 Å². The molecule has 0 fully saturated rings. The van der Waals surface area contributed by atoms with Crippen molar-refractivity contribution in [1.82, 2.24) is 19.7 Å². The van der Waals surface area contributed by atoms with Crippen LogP contribution in [-0.2, 0) is 7.05 Å². The first kappa shape index (κ1) is 14.6. The molecule has 4 aromatic rings. The number of anilines is 1. The van der Waals surface area contributed by atoms with E-state index in [0.29, 0.717) is 21.7 Å². The SMILES string of the molecule is Cn1c2ccc(Cl)cc2c2nnc(NC(=O)c3ccccc3)nc21. The Hall–Kier alpha value is -2.99. The summed E-state index contributed by atoms with van der Waals surface area (Å²) >= 11 is 6.06. The maximum atomic E-state index is 12.2. The van der Waals surface area contributed by atoms with Gasteiger partial charge in [-0.05, 0) is 30.3 Å². The van der Waals surface area contributed by atoms with E-state index in [-0.39, 0.29) is 11.9 Å². The van der Waals surface area contributed by atoms with Crippen LogP contribution in [0.15, 0.2) is 48.5 Å². The number of halogens is 1. The number of aromatic nitrogens is 4. The largest absolute Gasteiger partial charge is 0.327 e. The third-order valence-corrected chi connectivity index (χ3v) is 4.06. The van der Waals surface area contributed by atoms with Crippen molar-refractivity contribution in [2.45, 2.75) is 0 Å². The van der Waals surface area contributed by atoms with Crippen molar-refractivity contribution in [2.24, 2.45) is 7.05 Å². The van der Waals surface area contributed by atoms with Crippen molar-refractivity contribution in [1.29, 1.82) is 0 Å². The van der Waals surface area contributed by atoms with E-state index in [1.54, 1.807) is 24.3 Å². The monoisotopic (exact) mass is 337 g/mol. The fourth-order valence-corrected chi connectivity index (χ4v) is 2.82. The summed E-state index contributed by atoms with van der Waals surface area (Å²) in [5.74, 6) is -0.119. The zero-order chi connectivity index (χ0) is 16.7. The van der Waals surface area contributed by atoms with Gasteiger partial charge in [-0.2, -0.15) is 4.98 Å². The van der Waals surface area contributed by atoms with Crippen LogP contribution in [0.5, 0.6) is 0 Å². The van der Waals surface area contributed by atoms with Gasteiger partial charge in [-0.1, -0.05) is 29.8 Å². The van der Waals surface area contributed by atoms with Gasteiger partial charge in [-0.25, -0.2) is 0 Å². The molecule has 6 nitrogen and oxygen atoms in total. The van der Waals surface area contributed by atoms with Crippen LogP contribution < -0.4 is 5.32 Å². The molecule has 0 spiro atoms. The molecule has 0 unspecified atom stereocenters. The summed E-state index contributed by atoms with van der Waals surface area (Å²) in [7, 11) is 1.88. The van der Waals surface area contributed by atoms with Crippen molar-refractivity contribution in [3.05, 3.63) is 59.1 Å². The van der Waals surface area contributed by atoms with Gasteiger partial charge >= 0.3 is 0 Å². The van der Waals surface area contributed by atoms with Crippen molar-refractivity contribution in [2.75, 3.05) is 5.32 Å². The third-order valence-electron chi connectivity index (χ3n) is 3.82. The minimum absolute atomic E-state index is 0.161. The standard InChI is InChI=1S/C17H12ClN5O/c1-23-13-8-7-11(18)9-12(13)14-15(23)19-17(22-21-14)20-16(24)10-5-3-2-4-6-10/h2-9H,1H3,(H,19,20,22,24). The normalized spacial score (nSPS) is 11.1. The molecule has 0 saturated heterocycles. The molecule has 0 aliphatic carbocycles. The van der Waals surface area contributed by atoms with Gasteiger partial charge in [0.15, 0.2) is 5.65 Å². The molecule has 0 bridgehead atoms. The summed E-state index contributed by atoms with van der Waals surface area (Å²) in [6, 6.07) is 14.4. The van der Waals surface area contributed by atoms with Gasteiger partial charge in [0.2, 0.25) is 0 Å². The second-order valence-electron chi connectivity index (χ2n) is 5.35. The zero-order valence-electron chi connectivity index (χ0n) is 12.7. The minimum atomic E-state index is -0.279. The molecule has 7 heteroatoms. The lowest BCUT2D eigenvalue weighted by atomic mass is 10.2. The first-order valence-electron chi connectivity index (χ1n) is 7.28. The Morgan fingerprint density at radius 1 is 1.12 bits per heavy atom. The Bertz CT molecular complexity index is 1070. The maximum absolute atomic E-state index is 12.2. The summed E-state index contributed by atoms with van der Waals surface area (Å²) in [6.45, 7) is 0. The average Bonchev–Trinajstić information content (AvgIpc) is 2.87. The smallest absolute Gasteiger partial charge is 0.258 e. The Labute approximate surface area is 142 Å². The summed E-state index contributed by atoms with van der Waals surface area (Å²) in [6.07, 6.45) is 0. The maximum Gasteiger partial charge on any atom is 0.258 e. The number of fused-ring (bicyclic) bond motifs is 3. The van der Waals surface area contributed by atoms with Gasteiger partial charge in [0.05, 0.1) is 5.52 Å². The van der Waals surface area contributed by atoms with Gasteiger partial charge in [-0.15, -0.1) is 10.2 Å². The summed E-state index contributed by atoms with van der Waals surface area (Å²) < 4.78 is 1.90. The number of carbonyl (C=O) groups is 1. The number of benzene rings is 2. The number of carbonyl (C=O) groups excluding carboxylic acids is 1. The average molecular weight is 338 g/mol. The molecule has 0 saturated carbocycles. The number of amides is 1. The van der Waals surface area contributed by atoms with E-state index >= 15 is 0 Å². The first-order valence-corrected chi connectivity index (χ1v) is 7.66. The molecule has 2 aromatic heterocycles. The molecule has 2 aromatic carbocycles. The predicted octanol–water partition coefficient (Wildman–Crippen LogP) is 3.42. The first-order chi connectivity index (χ1) is 11.6. The third kappa shape index (κ3) is 2.37.